The Bertz CT molecular complexity index is 885. The Kier molecular flexibility index (Phi) is 7.86. The highest BCUT2D eigenvalue weighted by atomic mass is 16.5. The van der Waals surface area contributed by atoms with Crippen LogP contribution in [0.5, 0.6) is 5.75 Å². The molecule has 0 aliphatic carbocycles. The third-order valence-electron chi connectivity index (χ3n) is 5.74. The van der Waals surface area contributed by atoms with E-state index < -0.39 is 0 Å². The van der Waals surface area contributed by atoms with E-state index in [0.717, 1.165) is 62.3 Å². The smallest absolute Gasteiger partial charge is 0.308 e. The Hall–Kier alpha value is -3.10. The maximum atomic E-state index is 11.9. The lowest BCUT2D eigenvalue weighted by atomic mass is 9.97. The molecule has 0 spiro atoms. The number of aryl methyl sites for hydroxylation is 1. The molecule has 1 aliphatic rings. The van der Waals surface area contributed by atoms with E-state index in [1.54, 1.807) is 7.11 Å². The Morgan fingerprint density at radius 1 is 1.19 bits per heavy atom. The molecule has 0 atom stereocenters. The van der Waals surface area contributed by atoms with Crippen LogP contribution in [0.3, 0.4) is 0 Å². The number of aromatic nitrogens is 3. The molecular formula is C22H32N6O3. The zero-order valence-electron chi connectivity index (χ0n) is 18.8. The summed E-state index contributed by atoms with van der Waals surface area (Å²) in [7, 11) is 5.06. The number of guanidine groups is 1. The molecule has 0 bridgehead atoms. The standard InChI is InChI=1S/C22H32N6O3/c1-16-25-26-20(27(16)2)15-24-22(28-13-10-18(11-14-28)21(29)31-4)23-12-9-17-5-7-19(30-3)8-6-17/h5-8,18H,9-15H2,1-4H3,(H,23,24). The first-order valence-corrected chi connectivity index (χ1v) is 10.6. The summed E-state index contributed by atoms with van der Waals surface area (Å²) in [5.41, 5.74) is 1.22. The number of rotatable bonds is 7. The first kappa shape index (κ1) is 22.6. The summed E-state index contributed by atoms with van der Waals surface area (Å²) in [6.45, 7) is 4.63. The number of nitrogens with one attached hydrogen (secondary N) is 1. The fraction of sp³-hybridized carbons (Fsp3) is 0.545. The average Bonchev–Trinajstić information content (AvgIpc) is 3.13. The number of benzene rings is 1. The molecule has 2 heterocycles. The number of nitrogens with zero attached hydrogens (tertiary/aromatic N) is 5. The average molecular weight is 429 g/mol. The van der Waals surface area contributed by atoms with Gasteiger partial charge in [0.25, 0.3) is 0 Å². The summed E-state index contributed by atoms with van der Waals surface area (Å²) in [6.07, 6.45) is 2.38. The van der Waals surface area contributed by atoms with Gasteiger partial charge in [-0.25, -0.2) is 4.99 Å². The second-order valence-electron chi connectivity index (χ2n) is 7.67. The molecule has 1 N–H and O–H groups in total. The second kappa shape index (κ2) is 10.8. The molecule has 1 aliphatic heterocycles. The summed E-state index contributed by atoms with van der Waals surface area (Å²) in [6, 6.07) is 8.08. The van der Waals surface area contributed by atoms with Crippen molar-refractivity contribution in [3.63, 3.8) is 0 Å². The van der Waals surface area contributed by atoms with Crippen LogP contribution in [0, 0.1) is 12.8 Å². The van der Waals surface area contributed by atoms with E-state index in [4.69, 9.17) is 14.5 Å². The van der Waals surface area contributed by atoms with Crippen LogP contribution < -0.4 is 10.1 Å². The first-order valence-electron chi connectivity index (χ1n) is 10.6. The predicted octanol–water partition coefficient (Wildman–Crippen LogP) is 1.71. The third-order valence-corrected chi connectivity index (χ3v) is 5.74. The molecule has 168 valence electrons. The lowest BCUT2D eigenvalue weighted by Crippen LogP contribution is -2.47. The Labute approximate surface area is 183 Å². The van der Waals surface area contributed by atoms with Gasteiger partial charge in [0.15, 0.2) is 11.8 Å². The van der Waals surface area contributed by atoms with Crippen LogP contribution in [0.25, 0.3) is 0 Å². The summed E-state index contributed by atoms with van der Waals surface area (Å²) < 4.78 is 12.1. The maximum absolute atomic E-state index is 11.9. The van der Waals surface area contributed by atoms with Crippen molar-refractivity contribution >= 4 is 11.9 Å². The molecule has 3 rings (SSSR count). The molecule has 9 heteroatoms. The molecule has 9 nitrogen and oxygen atoms in total. The molecule has 31 heavy (non-hydrogen) atoms. The Balaban J connectivity index is 1.64. The van der Waals surface area contributed by atoms with Gasteiger partial charge in [0.2, 0.25) is 0 Å². The number of hydrogen-bond donors (Lipinski definition) is 1. The zero-order chi connectivity index (χ0) is 22.2. The van der Waals surface area contributed by atoms with Crippen LogP contribution in [0.1, 0.15) is 30.1 Å². The van der Waals surface area contributed by atoms with Crippen molar-refractivity contribution in [2.24, 2.45) is 18.0 Å². The molecule has 0 amide bonds. The number of carbonyl (C=O) groups is 1. The molecule has 1 aromatic heterocycles. The monoisotopic (exact) mass is 428 g/mol. The van der Waals surface area contributed by atoms with Crippen LogP contribution in [0.15, 0.2) is 29.3 Å². The van der Waals surface area contributed by atoms with Crippen molar-refractivity contribution in [3.8, 4) is 5.75 Å². The van der Waals surface area contributed by atoms with E-state index >= 15 is 0 Å². The molecule has 1 aromatic carbocycles. The van der Waals surface area contributed by atoms with E-state index in [1.807, 2.05) is 30.7 Å². The predicted molar refractivity (Wildman–Crippen MR) is 118 cm³/mol. The topological polar surface area (TPSA) is 93.9 Å². The van der Waals surface area contributed by atoms with Crippen molar-refractivity contribution in [2.75, 3.05) is 33.9 Å². The fourth-order valence-corrected chi connectivity index (χ4v) is 3.61. The van der Waals surface area contributed by atoms with E-state index in [1.165, 1.54) is 12.7 Å². The molecule has 1 fully saturated rings. The zero-order valence-corrected chi connectivity index (χ0v) is 18.8. The fourth-order valence-electron chi connectivity index (χ4n) is 3.61. The summed E-state index contributed by atoms with van der Waals surface area (Å²) in [5, 5.41) is 11.8. The van der Waals surface area contributed by atoms with E-state index in [2.05, 4.69) is 32.5 Å². The summed E-state index contributed by atoms with van der Waals surface area (Å²) >= 11 is 0. The van der Waals surface area contributed by atoms with Gasteiger partial charge in [-0.05, 0) is 43.9 Å². The normalized spacial score (nSPS) is 15.1. The number of esters is 1. The second-order valence-corrected chi connectivity index (χ2v) is 7.67. The first-order chi connectivity index (χ1) is 15.0. The molecule has 0 unspecified atom stereocenters. The largest absolute Gasteiger partial charge is 0.497 e. The van der Waals surface area contributed by atoms with Crippen molar-refractivity contribution in [1.29, 1.82) is 0 Å². The Morgan fingerprint density at radius 2 is 1.90 bits per heavy atom. The number of hydrogen-bond acceptors (Lipinski definition) is 6. The van der Waals surface area contributed by atoms with Crippen LogP contribution in [0.2, 0.25) is 0 Å². The highest BCUT2D eigenvalue weighted by molar-refractivity contribution is 5.80. The lowest BCUT2D eigenvalue weighted by molar-refractivity contribution is -0.146. The highest BCUT2D eigenvalue weighted by Crippen LogP contribution is 2.19. The van der Waals surface area contributed by atoms with Gasteiger partial charge in [-0.3, -0.25) is 4.79 Å². The van der Waals surface area contributed by atoms with E-state index in [-0.39, 0.29) is 11.9 Å². The van der Waals surface area contributed by atoms with Gasteiger partial charge < -0.3 is 24.3 Å². The van der Waals surface area contributed by atoms with Gasteiger partial charge >= 0.3 is 5.97 Å². The number of carbonyl (C=O) groups excluding carboxylic acids is 1. The van der Waals surface area contributed by atoms with Gasteiger partial charge in [-0.2, -0.15) is 0 Å². The van der Waals surface area contributed by atoms with Crippen LogP contribution >= 0.6 is 0 Å². The molecule has 0 radical (unpaired) electrons. The van der Waals surface area contributed by atoms with Crippen molar-refractivity contribution in [3.05, 3.63) is 41.5 Å². The quantitative estimate of drug-likeness (QED) is 0.408. The minimum Gasteiger partial charge on any atom is -0.497 e. The third kappa shape index (κ3) is 5.96. The summed E-state index contributed by atoms with van der Waals surface area (Å²) in [4.78, 5) is 18.9. The molecule has 1 saturated heterocycles. The van der Waals surface area contributed by atoms with Crippen LogP contribution in [-0.2, 0) is 29.5 Å². The number of likely N-dealkylation sites (tertiary alicyclic amines) is 1. The minimum absolute atomic E-state index is 0.0387. The van der Waals surface area contributed by atoms with Crippen LogP contribution in [0.4, 0.5) is 0 Å². The molecular weight excluding hydrogens is 396 g/mol. The van der Waals surface area contributed by atoms with Crippen molar-refractivity contribution in [2.45, 2.75) is 32.7 Å². The van der Waals surface area contributed by atoms with Gasteiger partial charge in [-0.15, -0.1) is 10.2 Å². The van der Waals surface area contributed by atoms with E-state index in [0.29, 0.717) is 6.54 Å². The van der Waals surface area contributed by atoms with Gasteiger partial charge in [-0.1, -0.05) is 12.1 Å². The van der Waals surface area contributed by atoms with Gasteiger partial charge in [0.1, 0.15) is 18.1 Å². The lowest BCUT2D eigenvalue weighted by Gasteiger charge is -2.33. The van der Waals surface area contributed by atoms with Gasteiger partial charge in [0, 0.05) is 26.7 Å². The van der Waals surface area contributed by atoms with Crippen molar-refractivity contribution in [1.82, 2.24) is 25.0 Å². The van der Waals surface area contributed by atoms with Crippen LogP contribution in [-0.4, -0.2) is 65.4 Å². The molecule has 0 saturated carbocycles. The maximum Gasteiger partial charge on any atom is 0.308 e. The minimum atomic E-state index is -0.125. The number of ether oxygens (including phenoxy) is 2. The number of methoxy groups -OCH3 is 2. The SMILES string of the molecule is COC(=O)C1CCN(C(=NCc2nnc(C)n2C)NCCc2ccc(OC)cc2)CC1. The summed E-state index contributed by atoms with van der Waals surface area (Å²) in [5.74, 6) is 3.20. The molecule has 2 aromatic rings. The van der Waals surface area contributed by atoms with Crippen molar-refractivity contribution < 1.29 is 14.3 Å². The number of piperidine rings is 1. The number of aliphatic imine (C=N–C) groups is 1. The van der Waals surface area contributed by atoms with E-state index in [9.17, 15) is 4.79 Å². The Morgan fingerprint density at radius 3 is 2.48 bits per heavy atom. The van der Waals surface area contributed by atoms with Gasteiger partial charge in [0.05, 0.1) is 20.1 Å². The highest BCUT2D eigenvalue weighted by Gasteiger charge is 2.27.